The Balaban J connectivity index is 0.000000279. The smallest absolute Gasteiger partial charge is 0.245 e. The fraction of sp³-hybridized carbons (Fsp3) is 0.400. The van der Waals surface area contributed by atoms with E-state index >= 15 is 0 Å². The van der Waals surface area contributed by atoms with Gasteiger partial charge in [-0.3, -0.25) is 9.48 Å². The fourth-order valence-electron chi connectivity index (χ4n) is 3.02. The molecule has 0 aliphatic heterocycles. The molecule has 1 aliphatic carbocycles. The van der Waals surface area contributed by atoms with Gasteiger partial charge in [-0.2, -0.15) is 10.2 Å². The van der Waals surface area contributed by atoms with Crippen molar-refractivity contribution >= 4 is 11.4 Å². The van der Waals surface area contributed by atoms with Crippen molar-refractivity contribution in [2.24, 2.45) is 7.05 Å². The number of aromatic nitrogens is 5. The monoisotopic (exact) mass is 382 g/mol. The van der Waals surface area contributed by atoms with Gasteiger partial charge in [0.2, 0.25) is 11.8 Å². The molecule has 0 aromatic carbocycles. The van der Waals surface area contributed by atoms with Gasteiger partial charge in [0.1, 0.15) is 11.6 Å². The Morgan fingerprint density at radius 3 is 2.61 bits per heavy atom. The average Bonchev–Trinajstić information content (AvgIpc) is 3.42. The zero-order valence-corrected chi connectivity index (χ0v) is 16.6. The van der Waals surface area contributed by atoms with Crippen molar-refractivity contribution in [1.29, 1.82) is 0 Å². The summed E-state index contributed by atoms with van der Waals surface area (Å²) < 4.78 is 9.70. The number of hydrogen-bond acceptors (Lipinski definition) is 5. The first kappa shape index (κ1) is 19.6. The molecular formula is C20H26N6O2. The second-order valence-electron chi connectivity index (χ2n) is 6.96. The van der Waals surface area contributed by atoms with Crippen LogP contribution in [0, 0.1) is 0 Å². The zero-order chi connectivity index (χ0) is 20.1. The number of carbonyl (C=O) groups is 1. The Hall–Kier alpha value is -3.16. The van der Waals surface area contributed by atoms with E-state index in [9.17, 15) is 4.79 Å². The molecule has 8 nitrogen and oxygen atoms in total. The van der Waals surface area contributed by atoms with Crippen LogP contribution in [0.25, 0.3) is 16.8 Å². The molecule has 1 fully saturated rings. The van der Waals surface area contributed by atoms with E-state index in [-0.39, 0.29) is 12.0 Å². The van der Waals surface area contributed by atoms with Gasteiger partial charge in [0.15, 0.2) is 0 Å². The summed E-state index contributed by atoms with van der Waals surface area (Å²) in [5, 5.41) is 8.52. The number of fused-ring (bicyclic) bond motifs is 1. The molecule has 3 aromatic rings. The third kappa shape index (κ3) is 4.57. The maximum absolute atomic E-state index is 10.3. The van der Waals surface area contributed by atoms with E-state index in [2.05, 4.69) is 21.8 Å². The van der Waals surface area contributed by atoms with Crippen LogP contribution in [-0.2, 0) is 11.8 Å². The SMILES string of the molecule is C=CC(=O)N(C)C.Cn1cc(-c2cn3nccc3c(OC3CCCC3)n2)cn1. The summed E-state index contributed by atoms with van der Waals surface area (Å²) in [4.78, 5) is 16.5. The fourth-order valence-corrected chi connectivity index (χ4v) is 3.02. The molecule has 1 saturated carbocycles. The highest BCUT2D eigenvalue weighted by molar-refractivity contribution is 5.86. The van der Waals surface area contributed by atoms with Gasteiger partial charge in [-0.15, -0.1) is 0 Å². The van der Waals surface area contributed by atoms with Crippen molar-refractivity contribution in [3.63, 3.8) is 0 Å². The minimum atomic E-state index is -0.0556. The predicted octanol–water partition coefficient (Wildman–Crippen LogP) is 2.71. The summed E-state index contributed by atoms with van der Waals surface area (Å²) in [7, 11) is 5.26. The van der Waals surface area contributed by atoms with Gasteiger partial charge in [0.05, 0.1) is 24.3 Å². The Bertz CT molecular complexity index is 953. The molecular weight excluding hydrogens is 356 g/mol. The summed E-state index contributed by atoms with van der Waals surface area (Å²) in [6.07, 6.45) is 13.7. The Labute approximate surface area is 164 Å². The minimum Gasteiger partial charge on any atom is -0.473 e. The molecule has 0 bridgehead atoms. The van der Waals surface area contributed by atoms with Gasteiger partial charge in [-0.1, -0.05) is 6.58 Å². The predicted molar refractivity (Wildman–Crippen MR) is 107 cm³/mol. The molecule has 3 aromatic heterocycles. The summed E-state index contributed by atoms with van der Waals surface area (Å²) in [6, 6.07) is 1.93. The highest BCUT2D eigenvalue weighted by Crippen LogP contribution is 2.28. The highest BCUT2D eigenvalue weighted by atomic mass is 16.5. The number of aryl methyl sites for hydroxylation is 1. The van der Waals surface area contributed by atoms with Crippen molar-refractivity contribution in [2.75, 3.05) is 14.1 Å². The first-order valence-corrected chi connectivity index (χ1v) is 9.31. The van der Waals surface area contributed by atoms with Gasteiger partial charge in [0.25, 0.3) is 0 Å². The second kappa shape index (κ2) is 8.69. The maximum Gasteiger partial charge on any atom is 0.245 e. The summed E-state index contributed by atoms with van der Waals surface area (Å²) in [5.41, 5.74) is 2.70. The van der Waals surface area contributed by atoms with E-state index in [0.717, 1.165) is 29.6 Å². The summed E-state index contributed by atoms with van der Waals surface area (Å²) >= 11 is 0. The van der Waals surface area contributed by atoms with E-state index in [4.69, 9.17) is 4.74 Å². The number of amides is 1. The standard InChI is InChI=1S/C15H17N5O.C5H9NO/c1-19-9-11(8-17-19)13-10-20-14(6-7-16-20)15(18-13)21-12-4-2-3-5-12;1-4-5(7)6(2)3/h6-10,12H,2-5H2,1H3;4H,1H2,2-3H3. The van der Waals surface area contributed by atoms with Crippen molar-refractivity contribution in [2.45, 2.75) is 31.8 Å². The first-order chi connectivity index (χ1) is 13.5. The molecule has 0 spiro atoms. The lowest BCUT2D eigenvalue weighted by Crippen LogP contribution is -2.18. The summed E-state index contributed by atoms with van der Waals surface area (Å²) in [6.45, 7) is 3.29. The maximum atomic E-state index is 10.3. The van der Waals surface area contributed by atoms with Gasteiger partial charge < -0.3 is 9.64 Å². The lowest BCUT2D eigenvalue weighted by Gasteiger charge is -2.13. The van der Waals surface area contributed by atoms with Crippen LogP contribution in [0.3, 0.4) is 0 Å². The zero-order valence-electron chi connectivity index (χ0n) is 16.6. The number of ether oxygens (including phenoxy) is 1. The van der Waals surface area contributed by atoms with Crippen LogP contribution in [0.4, 0.5) is 0 Å². The molecule has 1 aliphatic rings. The number of carbonyl (C=O) groups excluding carboxylic acids is 1. The highest BCUT2D eigenvalue weighted by Gasteiger charge is 2.19. The van der Waals surface area contributed by atoms with Crippen LogP contribution in [0.2, 0.25) is 0 Å². The topological polar surface area (TPSA) is 77.6 Å². The molecule has 148 valence electrons. The molecule has 28 heavy (non-hydrogen) atoms. The first-order valence-electron chi connectivity index (χ1n) is 9.31. The van der Waals surface area contributed by atoms with Gasteiger partial charge in [-0.05, 0) is 37.8 Å². The molecule has 0 radical (unpaired) electrons. The van der Waals surface area contributed by atoms with E-state index in [1.165, 1.54) is 23.8 Å². The number of hydrogen-bond donors (Lipinski definition) is 0. The van der Waals surface area contributed by atoms with Crippen molar-refractivity contribution in [1.82, 2.24) is 29.3 Å². The summed E-state index contributed by atoms with van der Waals surface area (Å²) in [5.74, 6) is 0.612. The van der Waals surface area contributed by atoms with Crippen molar-refractivity contribution < 1.29 is 9.53 Å². The molecule has 4 rings (SSSR count). The second-order valence-corrected chi connectivity index (χ2v) is 6.96. The molecule has 8 heteroatoms. The van der Waals surface area contributed by atoms with Gasteiger partial charge in [0, 0.05) is 32.9 Å². The lowest BCUT2D eigenvalue weighted by atomic mass is 10.2. The molecule has 1 amide bonds. The van der Waals surface area contributed by atoms with Crippen LogP contribution in [0.1, 0.15) is 25.7 Å². The largest absolute Gasteiger partial charge is 0.473 e. The third-order valence-corrected chi connectivity index (χ3v) is 4.55. The van der Waals surface area contributed by atoms with Crippen LogP contribution in [-0.4, -0.2) is 55.4 Å². The van der Waals surface area contributed by atoms with Crippen LogP contribution in [0.15, 0.2) is 43.5 Å². The molecule has 0 atom stereocenters. The van der Waals surface area contributed by atoms with Gasteiger partial charge in [-0.25, -0.2) is 9.50 Å². The number of rotatable bonds is 4. The molecule has 0 saturated heterocycles. The lowest BCUT2D eigenvalue weighted by molar-refractivity contribution is -0.123. The van der Waals surface area contributed by atoms with E-state index < -0.39 is 0 Å². The van der Waals surface area contributed by atoms with E-state index in [1.54, 1.807) is 31.2 Å². The third-order valence-electron chi connectivity index (χ3n) is 4.55. The van der Waals surface area contributed by atoms with Crippen LogP contribution < -0.4 is 4.74 Å². The minimum absolute atomic E-state index is 0.0556. The Morgan fingerprint density at radius 1 is 1.29 bits per heavy atom. The Morgan fingerprint density at radius 2 is 2.04 bits per heavy atom. The van der Waals surface area contributed by atoms with Crippen molar-refractivity contribution in [3.05, 3.63) is 43.5 Å². The number of nitrogens with zero attached hydrogens (tertiary/aromatic N) is 6. The quantitative estimate of drug-likeness (QED) is 0.649. The molecule has 3 heterocycles. The molecule has 0 unspecified atom stereocenters. The average molecular weight is 382 g/mol. The number of likely N-dealkylation sites (N-methyl/N-ethyl adjacent to an activating group) is 1. The normalized spacial score (nSPS) is 13.8. The van der Waals surface area contributed by atoms with Crippen LogP contribution >= 0.6 is 0 Å². The Kier molecular flexibility index (Phi) is 6.08. The van der Waals surface area contributed by atoms with Gasteiger partial charge >= 0.3 is 0 Å². The van der Waals surface area contributed by atoms with E-state index in [0.29, 0.717) is 5.88 Å². The van der Waals surface area contributed by atoms with E-state index in [1.807, 2.05) is 30.0 Å². The molecule has 0 N–H and O–H groups in total. The van der Waals surface area contributed by atoms with Crippen molar-refractivity contribution in [3.8, 4) is 17.1 Å². The van der Waals surface area contributed by atoms with Crippen LogP contribution in [0.5, 0.6) is 5.88 Å².